The van der Waals surface area contributed by atoms with Crippen molar-refractivity contribution in [2.24, 2.45) is 0 Å². The molecule has 1 fully saturated rings. The number of carbonyl (C=O) groups excluding carboxylic acids is 1. The smallest absolute Gasteiger partial charge is 0.140 e. The molecular formula is C20H16FNOS2. The van der Waals surface area contributed by atoms with Crippen molar-refractivity contribution in [3.63, 3.8) is 0 Å². The number of benzene rings is 1. The maximum absolute atomic E-state index is 13.6. The number of thiophene rings is 1. The summed E-state index contributed by atoms with van der Waals surface area (Å²) in [6, 6.07) is 8.62. The van der Waals surface area contributed by atoms with E-state index in [-0.39, 0.29) is 10.3 Å². The molecule has 126 valence electrons. The summed E-state index contributed by atoms with van der Waals surface area (Å²) in [5.41, 5.74) is 2.70. The predicted molar refractivity (Wildman–Crippen MR) is 102 cm³/mol. The summed E-state index contributed by atoms with van der Waals surface area (Å²) in [7, 11) is 0. The lowest BCUT2D eigenvalue weighted by Crippen LogP contribution is -2.21. The Hall–Kier alpha value is -2.12. The summed E-state index contributed by atoms with van der Waals surface area (Å²) in [6.07, 6.45) is 1.25. The van der Waals surface area contributed by atoms with Crippen LogP contribution in [0.4, 0.5) is 4.39 Å². The van der Waals surface area contributed by atoms with Crippen molar-refractivity contribution in [1.29, 1.82) is 5.26 Å². The van der Waals surface area contributed by atoms with Gasteiger partial charge in [-0.05, 0) is 54.5 Å². The number of nitriles is 1. The monoisotopic (exact) mass is 369 g/mol. The van der Waals surface area contributed by atoms with Gasteiger partial charge in [-0.3, -0.25) is 0 Å². The lowest BCUT2D eigenvalue weighted by Gasteiger charge is -2.33. The van der Waals surface area contributed by atoms with Crippen LogP contribution in [0.3, 0.4) is 0 Å². The minimum Gasteiger partial charge on any atom is -0.234 e. The topological polar surface area (TPSA) is 40.9 Å². The molecule has 1 atom stereocenters. The minimum absolute atomic E-state index is 0.0460. The van der Waals surface area contributed by atoms with Crippen LogP contribution in [0.2, 0.25) is 0 Å². The number of aryl methyl sites for hydroxylation is 1. The van der Waals surface area contributed by atoms with Crippen LogP contribution in [-0.2, 0) is 9.54 Å². The molecule has 0 N–H and O–H groups in total. The SMILES string of the molecule is C=C1CC(=C=O)C[C@@](C)(c2cc(C)c(-c3ccc(F)c(C#N)c3)s2)S1. The number of hydrogen-bond acceptors (Lipinski definition) is 4. The predicted octanol–water partition coefficient (Wildman–Crippen LogP) is 5.75. The number of hydrogen-bond donors (Lipinski definition) is 0. The highest BCUT2D eigenvalue weighted by atomic mass is 32.2. The summed E-state index contributed by atoms with van der Waals surface area (Å²) in [5, 5.41) is 9.06. The molecule has 0 bridgehead atoms. The average Bonchev–Trinajstić information content (AvgIpc) is 2.97. The molecule has 1 saturated heterocycles. The first-order valence-corrected chi connectivity index (χ1v) is 9.40. The molecular weight excluding hydrogens is 353 g/mol. The maximum Gasteiger partial charge on any atom is 0.140 e. The number of allylic oxidation sites excluding steroid dienone is 2. The van der Waals surface area contributed by atoms with Crippen molar-refractivity contribution >= 4 is 29.0 Å². The van der Waals surface area contributed by atoms with Crippen LogP contribution in [0.1, 0.15) is 35.8 Å². The molecule has 0 unspecified atom stereocenters. The zero-order valence-electron chi connectivity index (χ0n) is 14.0. The van der Waals surface area contributed by atoms with Crippen LogP contribution in [0, 0.1) is 24.1 Å². The van der Waals surface area contributed by atoms with E-state index in [2.05, 4.69) is 25.5 Å². The normalized spacial score (nSPS) is 20.2. The van der Waals surface area contributed by atoms with Crippen LogP contribution in [0.25, 0.3) is 10.4 Å². The van der Waals surface area contributed by atoms with Gasteiger partial charge in [0.15, 0.2) is 0 Å². The second-order valence-corrected chi connectivity index (χ2v) is 9.09. The number of thioether (sulfide) groups is 1. The Labute approximate surface area is 154 Å². The standard InChI is InChI=1S/C20H16FNOS2/c1-12-6-18(20(3)9-14(11-23)7-13(2)25-20)24-19(12)15-4-5-17(21)16(8-15)10-22/h4-6,8H,2,7,9H2,1,3H3/t20-/m0/s1. The third-order valence-electron chi connectivity index (χ3n) is 4.26. The minimum atomic E-state index is -0.507. The fourth-order valence-corrected chi connectivity index (χ4v) is 5.84. The van der Waals surface area contributed by atoms with Gasteiger partial charge >= 0.3 is 0 Å². The van der Waals surface area contributed by atoms with Crippen LogP contribution in [0.15, 0.2) is 41.3 Å². The highest BCUT2D eigenvalue weighted by molar-refractivity contribution is 8.04. The van der Waals surface area contributed by atoms with Crippen molar-refractivity contribution in [1.82, 2.24) is 0 Å². The van der Waals surface area contributed by atoms with E-state index in [1.165, 1.54) is 6.07 Å². The van der Waals surface area contributed by atoms with E-state index >= 15 is 0 Å². The van der Waals surface area contributed by atoms with Crippen LogP contribution >= 0.6 is 23.1 Å². The lowest BCUT2D eigenvalue weighted by atomic mass is 9.96. The molecule has 3 rings (SSSR count). The second-order valence-electron chi connectivity index (χ2n) is 6.36. The molecule has 0 spiro atoms. The molecule has 1 aliphatic heterocycles. The van der Waals surface area contributed by atoms with Gasteiger partial charge in [-0.1, -0.05) is 12.6 Å². The number of halogens is 1. The Morgan fingerprint density at radius 3 is 2.80 bits per heavy atom. The first kappa shape index (κ1) is 17.7. The molecule has 2 heterocycles. The van der Waals surface area contributed by atoms with E-state index < -0.39 is 5.82 Å². The largest absolute Gasteiger partial charge is 0.234 e. The van der Waals surface area contributed by atoms with Crippen molar-refractivity contribution in [3.8, 4) is 16.5 Å². The fraction of sp³-hybridized carbons (Fsp3) is 0.250. The zero-order chi connectivity index (χ0) is 18.2. The third-order valence-corrected chi connectivity index (χ3v) is 7.19. The lowest BCUT2D eigenvalue weighted by molar-refractivity contribution is 0.561. The molecule has 2 aromatic rings. The highest BCUT2D eigenvalue weighted by Gasteiger charge is 2.36. The first-order chi connectivity index (χ1) is 11.9. The van der Waals surface area contributed by atoms with E-state index in [9.17, 15) is 9.18 Å². The zero-order valence-corrected chi connectivity index (χ0v) is 15.6. The van der Waals surface area contributed by atoms with Gasteiger partial charge in [0.1, 0.15) is 17.8 Å². The van der Waals surface area contributed by atoms with Crippen molar-refractivity contribution in [3.05, 3.63) is 63.1 Å². The number of rotatable bonds is 2. The third kappa shape index (κ3) is 3.34. The highest BCUT2D eigenvalue weighted by Crippen LogP contribution is 2.53. The van der Waals surface area contributed by atoms with Gasteiger partial charge in [0.05, 0.1) is 10.3 Å². The van der Waals surface area contributed by atoms with Crippen molar-refractivity contribution in [2.45, 2.75) is 31.4 Å². The van der Waals surface area contributed by atoms with E-state index in [1.807, 2.05) is 13.0 Å². The molecule has 1 aliphatic rings. The molecule has 0 amide bonds. The second kappa shape index (κ2) is 6.65. The van der Waals surface area contributed by atoms with Gasteiger partial charge in [-0.25, -0.2) is 9.18 Å². The van der Waals surface area contributed by atoms with E-state index in [1.54, 1.807) is 35.2 Å². The van der Waals surface area contributed by atoms with E-state index in [0.717, 1.165) is 31.4 Å². The quantitative estimate of drug-likeness (QED) is 0.633. The average molecular weight is 369 g/mol. The van der Waals surface area contributed by atoms with Crippen LogP contribution in [-0.4, -0.2) is 5.94 Å². The molecule has 0 saturated carbocycles. The Bertz CT molecular complexity index is 963. The molecule has 0 aliphatic carbocycles. The van der Waals surface area contributed by atoms with E-state index in [0.29, 0.717) is 12.8 Å². The van der Waals surface area contributed by atoms with Crippen LogP contribution < -0.4 is 0 Å². The van der Waals surface area contributed by atoms with Gasteiger partial charge in [0.25, 0.3) is 0 Å². The summed E-state index contributed by atoms with van der Waals surface area (Å²) < 4.78 is 13.3. The van der Waals surface area contributed by atoms with Crippen molar-refractivity contribution in [2.75, 3.05) is 0 Å². The van der Waals surface area contributed by atoms with Gasteiger partial charge in [0.2, 0.25) is 0 Å². The van der Waals surface area contributed by atoms with Gasteiger partial charge in [-0.2, -0.15) is 5.26 Å². The Morgan fingerprint density at radius 2 is 2.12 bits per heavy atom. The Morgan fingerprint density at radius 1 is 1.36 bits per heavy atom. The Balaban J connectivity index is 2.05. The summed E-state index contributed by atoms with van der Waals surface area (Å²) in [6.45, 7) is 8.16. The molecule has 2 nitrogen and oxygen atoms in total. The fourth-order valence-electron chi connectivity index (χ4n) is 3.09. The van der Waals surface area contributed by atoms with E-state index in [4.69, 9.17) is 5.26 Å². The molecule has 25 heavy (non-hydrogen) atoms. The summed E-state index contributed by atoms with van der Waals surface area (Å²) >= 11 is 3.31. The maximum atomic E-state index is 13.6. The van der Waals surface area contributed by atoms with Gasteiger partial charge < -0.3 is 0 Å². The molecule has 0 radical (unpaired) electrons. The van der Waals surface area contributed by atoms with Gasteiger partial charge in [-0.15, -0.1) is 23.1 Å². The Kier molecular flexibility index (Phi) is 4.71. The van der Waals surface area contributed by atoms with Gasteiger partial charge in [0, 0.05) is 21.7 Å². The summed E-state index contributed by atoms with van der Waals surface area (Å²) in [4.78, 5) is 14.3. The first-order valence-electron chi connectivity index (χ1n) is 7.77. The summed E-state index contributed by atoms with van der Waals surface area (Å²) in [5.74, 6) is 1.55. The van der Waals surface area contributed by atoms with Crippen LogP contribution in [0.5, 0.6) is 0 Å². The number of nitrogens with zero attached hydrogens (tertiary/aromatic N) is 1. The van der Waals surface area contributed by atoms with Crippen molar-refractivity contribution < 1.29 is 9.18 Å². The molecule has 5 heteroatoms. The molecule has 1 aromatic carbocycles. The molecule has 1 aromatic heterocycles.